The van der Waals surface area contributed by atoms with E-state index in [1.807, 2.05) is 0 Å². The van der Waals surface area contributed by atoms with Crippen LogP contribution in [0.3, 0.4) is 0 Å². The molecule has 1 aliphatic rings. The number of hydrogen-bond acceptors (Lipinski definition) is 11. The Bertz CT molecular complexity index is 1710. The predicted molar refractivity (Wildman–Crippen MR) is 312 cm³/mol. The SMILES string of the molecule is CC/C=C\C/C=C\C/C=C\C/C=C\CCCCCCC(=O)OCC(COC1OC(C(=O)O)C(O)C(O)C1OC(=O)CCCCCCCCC/C=C\C/C=C\CCCCC)OC(=O)CCCCCCC/C=C\C/C=C\CCC. The predicted octanol–water partition coefficient (Wildman–Crippen LogP) is 15.7. The fraction of sp³-hybridized carbons (Fsp3) is 0.692. The number of carboxylic acid groups (broad SMARTS) is 1. The first-order chi connectivity index (χ1) is 37.6. The highest BCUT2D eigenvalue weighted by atomic mass is 16.7. The van der Waals surface area contributed by atoms with E-state index in [2.05, 4.69) is 118 Å². The molecule has 6 unspecified atom stereocenters. The molecule has 0 aliphatic carbocycles. The number of aliphatic hydroxyl groups is 2. The lowest BCUT2D eigenvalue weighted by Crippen LogP contribution is -2.61. The molecule has 1 saturated heterocycles. The molecule has 0 saturated carbocycles. The summed E-state index contributed by atoms with van der Waals surface area (Å²) in [4.78, 5) is 51.2. The van der Waals surface area contributed by atoms with E-state index in [-0.39, 0.29) is 25.9 Å². The number of carbonyl (C=O) groups is 4. The van der Waals surface area contributed by atoms with Gasteiger partial charge in [0.1, 0.15) is 18.8 Å². The summed E-state index contributed by atoms with van der Waals surface area (Å²) in [5.41, 5.74) is 0. The molecule has 0 aromatic rings. The van der Waals surface area contributed by atoms with Gasteiger partial charge in [0.2, 0.25) is 0 Å². The molecule has 1 rings (SSSR count). The normalized spacial score (nSPS) is 18.7. The first-order valence-corrected chi connectivity index (χ1v) is 30.2. The van der Waals surface area contributed by atoms with Crippen LogP contribution in [0.4, 0.5) is 0 Å². The van der Waals surface area contributed by atoms with Gasteiger partial charge in [0.15, 0.2) is 24.6 Å². The standard InChI is InChI=1S/C65H106O12/c1-4-7-10-13-16-19-22-25-27-29-31-34-36-39-42-45-48-51-57(66)73-54-56(75-58(67)52-49-46-43-40-37-33-24-21-18-15-12-9-6-3)55-74-65-63(61(70)60(69)62(77-65)64(71)72)76-59(68)53-50-47-44-41-38-35-32-30-28-26-23-20-17-14-11-8-5-2/h7,10,12,15-17,19-21,24-28,31,34,56,60-63,65,69-70H,4-6,8-9,11,13-14,18,22-23,29-30,32-33,35-55H2,1-3H3,(H,71,72)/b10-7-,15-12-,19-16-,20-17-,24-21-,27-25-,28-26-,34-31-. The van der Waals surface area contributed by atoms with Crippen LogP contribution in [0.15, 0.2) is 97.2 Å². The van der Waals surface area contributed by atoms with Crippen LogP contribution in [-0.4, -0.2) is 89.2 Å². The second kappa shape index (κ2) is 52.3. The molecule has 1 heterocycles. The maximum Gasteiger partial charge on any atom is 0.335 e. The summed E-state index contributed by atoms with van der Waals surface area (Å²) in [6, 6.07) is 0. The number of hydrogen-bond donors (Lipinski definition) is 3. The number of rotatable bonds is 50. The Kier molecular flexibility index (Phi) is 48.0. The van der Waals surface area contributed by atoms with Crippen molar-refractivity contribution < 1.29 is 58.2 Å². The molecule has 6 atom stereocenters. The van der Waals surface area contributed by atoms with Crippen molar-refractivity contribution in [3.8, 4) is 0 Å². The lowest BCUT2D eigenvalue weighted by Gasteiger charge is -2.40. The Morgan fingerprint density at radius 2 is 0.844 bits per heavy atom. The number of unbranched alkanes of at least 4 members (excludes halogenated alkanes) is 20. The first-order valence-electron chi connectivity index (χ1n) is 30.2. The Morgan fingerprint density at radius 3 is 1.30 bits per heavy atom. The van der Waals surface area contributed by atoms with Crippen molar-refractivity contribution in [2.24, 2.45) is 0 Å². The monoisotopic (exact) mass is 1080 g/mol. The molecule has 0 bridgehead atoms. The highest BCUT2D eigenvalue weighted by Crippen LogP contribution is 2.26. The van der Waals surface area contributed by atoms with Gasteiger partial charge in [-0.15, -0.1) is 0 Å². The molecule has 0 spiro atoms. The fourth-order valence-corrected chi connectivity index (χ4v) is 8.48. The van der Waals surface area contributed by atoms with E-state index >= 15 is 0 Å². The van der Waals surface area contributed by atoms with E-state index in [4.69, 9.17) is 23.7 Å². The Morgan fingerprint density at radius 1 is 0.442 bits per heavy atom. The van der Waals surface area contributed by atoms with E-state index in [9.17, 15) is 34.5 Å². The van der Waals surface area contributed by atoms with E-state index < -0.39 is 67.3 Å². The first kappa shape index (κ1) is 70.7. The number of allylic oxidation sites excluding steroid dienone is 16. The van der Waals surface area contributed by atoms with Gasteiger partial charge in [0.05, 0.1) is 6.61 Å². The highest BCUT2D eigenvalue weighted by Gasteiger charge is 2.50. The number of aliphatic carboxylic acids is 1. The van der Waals surface area contributed by atoms with E-state index in [1.54, 1.807) is 0 Å². The number of esters is 3. The Balaban J connectivity index is 2.71. The van der Waals surface area contributed by atoms with Crippen molar-refractivity contribution in [3.63, 3.8) is 0 Å². The second-order valence-corrected chi connectivity index (χ2v) is 20.2. The molecule has 77 heavy (non-hydrogen) atoms. The zero-order valence-electron chi connectivity index (χ0n) is 48.2. The smallest absolute Gasteiger partial charge is 0.335 e. The molecule has 12 nitrogen and oxygen atoms in total. The number of ether oxygens (including phenoxy) is 5. The van der Waals surface area contributed by atoms with Gasteiger partial charge in [0.25, 0.3) is 0 Å². The van der Waals surface area contributed by atoms with Crippen molar-refractivity contribution in [1.82, 2.24) is 0 Å². The minimum Gasteiger partial charge on any atom is -0.479 e. The lowest BCUT2D eigenvalue weighted by atomic mass is 9.98. The van der Waals surface area contributed by atoms with Gasteiger partial charge in [0, 0.05) is 19.3 Å². The van der Waals surface area contributed by atoms with Crippen molar-refractivity contribution in [3.05, 3.63) is 97.2 Å². The zero-order valence-corrected chi connectivity index (χ0v) is 48.2. The molecule has 0 amide bonds. The largest absolute Gasteiger partial charge is 0.479 e. The molecule has 3 N–H and O–H groups in total. The van der Waals surface area contributed by atoms with Crippen molar-refractivity contribution in [2.75, 3.05) is 13.2 Å². The summed E-state index contributed by atoms with van der Waals surface area (Å²) in [5, 5.41) is 31.5. The molecule has 0 radical (unpaired) electrons. The second-order valence-electron chi connectivity index (χ2n) is 20.2. The highest BCUT2D eigenvalue weighted by molar-refractivity contribution is 5.74. The maximum atomic E-state index is 13.1. The summed E-state index contributed by atoms with van der Waals surface area (Å²) in [5.74, 6) is -3.19. The van der Waals surface area contributed by atoms with Crippen LogP contribution in [0.25, 0.3) is 0 Å². The minimum atomic E-state index is -1.92. The average Bonchev–Trinajstić information content (AvgIpc) is 3.42. The molecule has 1 fully saturated rings. The van der Waals surface area contributed by atoms with E-state index in [0.717, 1.165) is 161 Å². The number of carboxylic acids is 1. The van der Waals surface area contributed by atoms with Crippen LogP contribution in [-0.2, 0) is 42.9 Å². The maximum absolute atomic E-state index is 13.1. The van der Waals surface area contributed by atoms with Gasteiger partial charge in [-0.1, -0.05) is 201 Å². The molecule has 438 valence electrons. The van der Waals surface area contributed by atoms with Gasteiger partial charge in [-0.2, -0.15) is 0 Å². The van der Waals surface area contributed by atoms with Crippen molar-refractivity contribution in [2.45, 2.75) is 276 Å². The fourth-order valence-electron chi connectivity index (χ4n) is 8.48. The Hall–Kier alpha value is -4.36. The van der Waals surface area contributed by atoms with Crippen LogP contribution in [0, 0.1) is 0 Å². The number of carbonyl (C=O) groups excluding carboxylic acids is 3. The molecular formula is C65H106O12. The Labute approximate surface area is 466 Å². The third kappa shape index (κ3) is 42.3. The third-order valence-electron chi connectivity index (χ3n) is 13.1. The topological polar surface area (TPSA) is 175 Å². The van der Waals surface area contributed by atoms with Gasteiger partial charge in [-0.25, -0.2) is 4.79 Å². The summed E-state index contributed by atoms with van der Waals surface area (Å²) in [7, 11) is 0. The summed E-state index contributed by atoms with van der Waals surface area (Å²) in [6.45, 7) is 5.75. The van der Waals surface area contributed by atoms with Crippen LogP contribution in [0.2, 0.25) is 0 Å². The molecule has 0 aromatic carbocycles. The van der Waals surface area contributed by atoms with Crippen molar-refractivity contribution >= 4 is 23.9 Å². The third-order valence-corrected chi connectivity index (χ3v) is 13.1. The lowest BCUT2D eigenvalue weighted by molar-refractivity contribution is -0.301. The molecule has 12 heteroatoms. The summed E-state index contributed by atoms with van der Waals surface area (Å²) in [6.07, 6.45) is 56.5. The van der Waals surface area contributed by atoms with Gasteiger partial charge >= 0.3 is 23.9 Å². The van der Waals surface area contributed by atoms with Gasteiger partial charge < -0.3 is 39.0 Å². The van der Waals surface area contributed by atoms with E-state index in [1.165, 1.54) is 19.3 Å². The van der Waals surface area contributed by atoms with Crippen LogP contribution >= 0.6 is 0 Å². The van der Waals surface area contributed by atoms with E-state index in [0.29, 0.717) is 19.3 Å². The van der Waals surface area contributed by atoms with Crippen LogP contribution < -0.4 is 0 Å². The average molecular weight is 1080 g/mol. The molecular weight excluding hydrogens is 973 g/mol. The summed E-state index contributed by atoms with van der Waals surface area (Å²) < 4.78 is 28.4. The number of aliphatic hydroxyl groups excluding tert-OH is 2. The van der Waals surface area contributed by atoms with Crippen LogP contribution in [0.1, 0.15) is 239 Å². The van der Waals surface area contributed by atoms with Crippen molar-refractivity contribution in [1.29, 1.82) is 0 Å². The van der Waals surface area contributed by atoms with Crippen LogP contribution in [0.5, 0.6) is 0 Å². The van der Waals surface area contributed by atoms with Gasteiger partial charge in [-0.3, -0.25) is 14.4 Å². The minimum absolute atomic E-state index is 0.0434. The molecule has 1 aliphatic heterocycles. The zero-order chi connectivity index (χ0) is 56.1. The van der Waals surface area contributed by atoms with Gasteiger partial charge in [-0.05, 0) is 116 Å². The quantitative estimate of drug-likeness (QED) is 0.0228. The summed E-state index contributed by atoms with van der Waals surface area (Å²) >= 11 is 0. The molecule has 0 aromatic heterocycles.